The van der Waals surface area contributed by atoms with E-state index in [1.165, 1.54) is 0 Å². The first-order valence-corrected chi connectivity index (χ1v) is 8.38. The topological polar surface area (TPSA) is 67.1 Å². The summed E-state index contributed by atoms with van der Waals surface area (Å²) >= 11 is 0. The molecule has 1 saturated heterocycles. The molecule has 2 heterocycles. The molecule has 6 nitrogen and oxygen atoms in total. The van der Waals surface area contributed by atoms with Gasteiger partial charge in [0.2, 0.25) is 0 Å². The van der Waals surface area contributed by atoms with Crippen molar-refractivity contribution in [3.05, 3.63) is 36.2 Å². The van der Waals surface area contributed by atoms with E-state index < -0.39 is 0 Å². The highest BCUT2D eigenvalue weighted by Gasteiger charge is 2.35. The number of tetrazole rings is 1. The lowest BCUT2D eigenvalue weighted by Gasteiger charge is -2.42. The van der Waals surface area contributed by atoms with Crippen molar-refractivity contribution in [2.75, 3.05) is 19.7 Å². The third kappa shape index (κ3) is 3.14. The SMILES string of the molecule is CCC1(CO)CCN(C(C)c2nnnn2-c2ccccc2)CC1. The minimum Gasteiger partial charge on any atom is -0.396 e. The van der Waals surface area contributed by atoms with Crippen molar-refractivity contribution in [3.63, 3.8) is 0 Å². The minimum atomic E-state index is 0.0988. The molecule has 1 aromatic carbocycles. The maximum Gasteiger partial charge on any atom is 0.173 e. The van der Waals surface area contributed by atoms with Gasteiger partial charge in [0.25, 0.3) is 0 Å². The van der Waals surface area contributed by atoms with Crippen LogP contribution in [0.3, 0.4) is 0 Å². The van der Waals surface area contributed by atoms with Gasteiger partial charge in [0.1, 0.15) is 0 Å². The number of rotatable bonds is 5. The first kappa shape index (κ1) is 16.1. The molecule has 1 aliphatic heterocycles. The number of nitrogens with zero attached hydrogens (tertiary/aromatic N) is 5. The van der Waals surface area contributed by atoms with Gasteiger partial charge in [-0.25, -0.2) is 0 Å². The molecule has 1 atom stereocenters. The van der Waals surface area contributed by atoms with E-state index in [2.05, 4.69) is 34.3 Å². The molecule has 0 bridgehead atoms. The summed E-state index contributed by atoms with van der Waals surface area (Å²) in [6.07, 6.45) is 3.09. The van der Waals surface area contributed by atoms with Gasteiger partial charge in [-0.15, -0.1) is 5.10 Å². The van der Waals surface area contributed by atoms with Crippen molar-refractivity contribution in [3.8, 4) is 5.69 Å². The average Bonchev–Trinajstić information content (AvgIpc) is 3.11. The molecule has 1 aromatic heterocycles. The van der Waals surface area contributed by atoms with Gasteiger partial charge in [-0.1, -0.05) is 25.1 Å². The lowest BCUT2D eigenvalue weighted by Crippen LogP contribution is -2.43. The first-order chi connectivity index (χ1) is 11.2. The van der Waals surface area contributed by atoms with Crippen molar-refractivity contribution in [2.24, 2.45) is 5.41 Å². The molecule has 6 heteroatoms. The van der Waals surface area contributed by atoms with Crippen molar-refractivity contribution in [1.82, 2.24) is 25.1 Å². The maximum atomic E-state index is 9.69. The van der Waals surface area contributed by atoms with E-state index in [1.807, 2.05) is 35.0 Å². The number of aromatic nitrogens is 4. The Bertz CT molecular complexity index is 613. The number of aliphatic hydroxyl groups is 1. The second kappa shape index (κ2) is 6.76. The van der Waals surface area contributed by atoms with Gasteiger partial charge in [0, 0.05) is 6.61 Å². The maximum absolute atomic E-state index is 9.69. The van der Waals surface area contributed by atoms with E-state index in [1.54, 1.807) is 0 Å². The molecule has 0 amide bonds. The minimum absolute atomic E-state index is 0.0988. The van der Waals surface area contributed by atoms with Gasteiger partial charge in [-0.05, 0) is 67.3 Å². The zero-order chi connectivity index (χ0) is 16.3. The molecule has 1 fully saturated rings. The van der Waals surface area contributed by atoms with Crippen LogP contribution in [0.2, 0.25) is 0 Å². The monoisotopic (exact) mass is 315 g/mol. The molecule has 3 rings (SSSR count). The van der Waals surface area contributed by atoms with Crippen molar-refractivity contribution in [1.29, 1.82) is 0 Å². The van der Waals surface area contributed by atoms with Crippen LogP contribution in [0, 0.1) is 5.41 Å². The number of likely N-dealkylation sites (tertiary alicyclic amines) is 1. The van der Waals surface area contributed by atoms with Crippen molar-refractivity contribution >= 4 is 0 Å². The second-order valence-corrected chi connectivity index (χ2v) is 6.51. The van der Waals surface area contributed by atoms with Crippen molar-refractivity contribution in [2.45, 2.75) is 39.2 Å². The number of piperidine rings is 1. The van der Waals surface area contributed by atoms with E-state index in [-0.39, 0.29) is 18.1 Å². The summed E-state index contributed by atoms with van der Waals surface area (Å²) in [4.78, 5) is 2.41. The van der Waals surface area contributed by atoms with Crippen molar-refractivity contribution < 1.29 is 5.11 Å². The Morgan fingerprint density at radius 2 is 1.91 bits per heavy atom. The van der Waals surface area contributed by atoms with Gasteiger partial charge < -0.3 is 5.11 Å². The Balaban J connectivity index is 1.76. The Kier molecular flexibility index (Phi) is 4.73. The summed E-state index contributed by atoms with van der Waals surface area (Å²) < 4.78 is 1.82. The number of aliphatic hydroxyl groups excluding tert-OH is 1. The van der Waals surface area contributed by atoms with E-state index in [0.29, 0.717) is 0 Å². The predicted molar refractivity (Wildman–Crippen MR) is 88.2 cm³/mol. The molecule has 0 spiro atoms. The lowest BCUT2D eigenvalue weighted by atomic mass is 9.76. The van der Waals surface area contributed by atoms with Crippen LogP contribution in [-0.2, 0) is 0 Å². The standard InChI is InChI=1S/C17H25N5O/c1-3-17(13-23)9-11-21(12-10-17)14(2)16-18-19-20-22(16)15-7-5-4-6-8-15/h4-8,14,23H,3,9-13H2,1-2H3. The van der Waals surface area contributed by atoms with E-state index in [0.717, 1.165) is 43.9 Å². The van der Waals surface area contributed by atoms with Crippen LogP contribution in [0.1, 0.15) is 45.0 Å². The number of hydrogen-bond donors (Lipinski definition) is 1. The van der Waals surface area contributed by atoms with Gasteiger partial charge in [0.05, 0.1) is 11.7 Å². The number of hydrogen-bond acceptors (Lipinski definition) is 5. The van der Waals surface area contributed by atoms with Crippen LogP contribution < -0.4 is 0 Å². The van der Waals surface area contributed by atoms with E-state index in [4.69, 9.17) is 0 Å². The zero-order valence-corrected chi connectivity index (χ0v) is 13.9. The highest BCUT2D eigenvalue weighted by molar-refractivity contribution is 5.30. The largest absolute Gasteiger partial charge is 0.396 e. The molecule has 0 radical (unpaired) electrons. The highest BCUT2D eigenvalue weighted by atomic mass is 16.3. The Labute approximate surface area is 137 Å². The normalized spacial score (nSPS) is 19.6. The molecule has 1 aliphatic rings. The number of benzene rings is 1. The molecule has 2 aromatic rings. The molecular formula is C17H25N5O. The zero-order valence-electron chi connectivity index (χ0n) is 13.9. The Morgan fingerprint density at radius 3 is 2.52 bits per heavy atom. The predicted octanol–water partition coefficient (Wildman–Crippen LogP) is 2.21. The lowest BCUT2D eigenvalue weighted by molar-refractivity contribution is 0.0253. The summed E-state index contributed by atoms with van der Waals surface area (Å²) in [5.74, 6) is 0.865. The molecular weight excluding hydrogens is 290 g/mol. The van der Waals surface area contributed by atoms with Gasteiger partial charge in [-0.3, -0.25) is 4.90 Å². The van der Waals surface area contributed by atoms with Crippen LogP contribution in [0.5, 0.6) is 0 Å². The van der Waals surface area contributed by atoms with Crippen LogP contribution in [-0.4, -0.2) is 49.9 Å². The Hall–Kier alpha value is -1.79. The summed E-state index contributed by atoms with van der Waals surface area (Å²) in [5.41, 5.74) is 1.08. The average molecular weight is 315 g/mol. The van der Waals surface area contributed by atoms with Crippen LogP contribution in [0.15, 0.2) is 30.3 Å². The third-order valence-electron chi connectivity index (χ3n) is 5.36. The quantitative estimate of drug-likeness (QED) is 0.916. The molecule has 124 valence electrons. The van der Waals surface area contributed by atoms with Crippen LogP contribution in [0.25, 0.3) is 5.69 Å². The third-order valence-corrected chi connectivity index (χ3v) is 5.36. The fourth-order valence-electron chi connectivity index (χ4n) is 3.38. The van der Waals surface area contributed by atoms with Crippen LogP contribution >= 0.6 is 0 Å². The Morgan fingerprint density at radius 1 is 1.22 bits per heavy atom. The molecule has 0 saturated carbocycles. The smallest absolute Gasteiger partial charge is 0.173 e. The first-order valence-electron chi connectivity index (χ1n) is 8.38. The summed E-state index contributed by atoms with van der Waals surface area (Å²) in [5, 5.41) is 22.0. The van der Waals surface area contributed by atoms with E-state index >= 15 is 0 Å². The van der Waals surface area contributed by atoms with Gasteiger partial charge in [-0.2, -0.15) is 4.68 Å². The molecule has 0 aliphatic carbocycles. The van der Waals surface area contributed by atoms with Gasteiger partial charge in [0.15, 0.2) is 5.82 Å². The summed E-state index contributed by atoms with van der Waals surface area (Å²) in [6.45, 7) is 6.55. The van der Waals surface area contributed by atoms with Gasteiger partial charge >= 0.3 is 0 Å². The summed E-state index contributed by atoms with van der Waals surface area (Å²) in [6, 6.07) is 10.1. The molecule has 1 unspecified atom stereocenters. The van der Waals surface area contributed by atoms with E-state index in [9.17, 15) is 5.11 Å². The molecule has 23 heavy (non-hydrogen) atoms. The van der Waals surface area contributed by atoms with Crippen LogP contribution in [0.4, 0.5) is 0 Å². The summed E-state index contributed by atoms with van der Waals surface area (Å²) in [7, 11) is 0. The fraction of sp³-hybridized carbons (Fsp3) is 0.588. The number of para-hydroxylation sites is 1. The highest BCUT2D eigenvalue weighted by Crippen LogP contribution is 2.36. The fourth-order valence-corrected chi connectivity index (χ4v) is 3.38. The second-order valence-electron chi connectivity index (χ2n) is 6.51. The molecule has 1 N–H and O–H groups in total.